The molecule has 0 saturated carbocycles. The van der Waals surface area contributed by atoms with Crippen molar-refractivity contribution in [3.05, 3.63) is 26.9 Å². The van der Waals surface area contributed by atoms with Crippen LogP contribution in [-0.2, 0) is 0 Å². The number of hydrogen-bond donors (Lipinski definition) is 1. The third-order valence-corrected chi connectivity index (χ3v) is 3.95. The molecule has 0 unspecified atom stereocenters. The van der Waals surface area contributed by atoms with Crippen molar-refractivity contribution in [2.45, 2.75) is 27.7 Å². The van der Waals surface area contributed by atoms with E-state index in [2.05, 4.69) is 53.8 Å². The molecule has 1 aromatic carbocycles. The molecule has 0 fully saturated rings. The Bertz CT molecular complexity index is 512. The molecule has 14 heavy (non-hydrogen) atoms. The summed E-state index contributed by atoms with van der Waals surface area (Å²) in [6.45, 7) is 8.49. The lowest BCUT2D eigenvalue weighted by molar-refractivity contribution is 1.07. The molecule has 0 saturated heterocycles. The molecule has 0 atom stereocenters. The van der Waals surface area contributed by atoms with E-state index in [9.17, 15) is 0 Å². The minimum Gasteiger partial charge on any atom is -0.282 e. The van der Waals surface area contributed by atoms with Crippen LogP contribution in [0.4, 0.5) is 0 Å². The lowest BCUT2D eigenvalue weighted by Gasteiger charge is -2.08. The van der Waals surface area contributed by atoms with Crippen molar-refractivity contribution in [2.24, 2.45) is 0 Å². The topological polar surface area (TPSA) is 28.7 Å². The third kappa shape index (κ3) is 1.12. The van der Waals surface area contributed by atoms with Gasteiger partial charge < -0.3 is 0 Å². The van der Waals surface area contributed by atoms with Gasteiger partial charge in [-0.05, 0) is 60.3 Å². The molecule has 2 rings (SSSR count). The molecule has 74 valence electrons. The summed E-state index contributed by atoms with van der Waals surface area (Å²) in [6.07, 6.45) is 0. The monoisotopic (exact) mass is 252 g/mol. The molecular formula is C11H13BrN2. The zero-order chi connectivity index (χ0) is 10.5. The maximum Gasteiger partial charge on any atom is 0.107 e. The number of nitrogens with one attached hydrogen (secondary N) is 1. The van der Waals surface area contributed by atoms with Crippen molar-refractivity contribution in [1.82, 2.24) is 10.2 Å². The Morgan fingerprint density at radius 2 is 1.64 bits per heavy atom. The average Bonchev–Trinajstić information content (AvgIpc) is 2.54. The normalized spacial score (nSPS) is 11.2. The number of rotatable bonds is 0. The van der Waals surface area contributed by atoms with Crippen LogP contribution < -0.4 is 0 Å². The fraction of sp³-hybridized carbons (Fsp3) is 0.364. The van der Waals surface area contributed by atoms with E-state index < -0.39 is 0 Å². The van der Waals surface area contributed by atoms with Crippen LogP contribution in [0.1, 0.15) is 22.4 Å². The van der Waals surface area contributed by atoms with Crippen LogP contribution >= 0.6 is 15.9 Å². The summed E-state index contributed by atoms with van der Waals surface area (Å²) in [5, 5.41) is 8.59. The van der Waals surface area contributed by atoms with Crippen molar-refractivity contribution >= 4 is 26.8 Å². The third-order valence-electron chi connectivity index (χ3n) is 2.98. The first-order valence-corrected chi connectivity index (χ1v) is 5.43. The molecule has 2 nitrogen and oxygen atoms in total. The van der Waals surface area contributed by atoms with Crippen molar-refractivity contribution in [1.29, 1.82) is 0 Å². The zero-order valence-corrected chi connectivity index (χ0v) is 10.4. The van der Waals surface area contributed by atoms with Gasteiger partial charge in [0.15, 0.2) is 0 Å². The van der Waals surface area contributed by atoms with Gasteiger partial charge in [-0.3, -0.25) is 5.10 Å². The van der Waals surface area contributed by atoms with Gasteiger partial charge in [0.1, 0.15) is 5.52 Å². The Kier molecular flexibility index (Phi) is 2.14. The largest absolute Gasteiger partial charge is 0.282 e. The molecule has 0 bridgehead atoms. The van der Waals surface area contributed by atoms with Gasteiger partial charge in [-0.15, -0.1) is 0 Å². The minimum absolute atomic E-state index is 1.04. The highest BCUT2D eigenvalue weighted by molar-refractivity contribution is 9.10. The molecule has 0 radical (unpaired) electrons. The number of nitrogens with zero attached hydrogens (tertiary/aromatic N) is 1. The van der Waals surface area contributed by atoms with Gasteiger partial charge in [0.2, 0.25) is 0 Å². The summed E-state index contributed by atoms with van der Waals surface area (Å²) < 4.78 is 1.11. The van der Waals surface area contributed by atoms with E-state index in [1.54, 1.807) is 0 Å². The first-order chi connectivity index (χ1) is 6.54. The number of aromatic amines is 1. The summed E-state index contributed by atoms with van der Waals surface area (Å²) in [4.78, 5) is 0. The Hall–Kier alpha value is -0.830. The van der Waals surface area contributed by atoms with Crippen LogP contribution in [0.5, 0.6) is 0 Å². The number of aryl methyl sites for hydroxylation is 2. The van der Waals surface area contributed by atoms with Crippen molar-refractivity contribution in [3.8, 4) is 0 Å². The lowest BCUT2D eigenvalue weighted by atomic mass is 9.99. The fourth-order valence-electron chi connectivity index (χ4n) is 1.86. The maximum absolute atomic E-state index is 4.31. The Morgan fingerprint density at radius 1 is 1.00 bits per heavy atom. The Labute approximate surface area is 91.8 Å². The predicted octanol–water partition coefficient (Wildman–Crippen LogP) is 3.56. The van der Waals surface area contributed by atoms with E-state index in [0.29, 0.717) is 0 Å². The lowest BCUT2D eigenvalue weighted by Crippen LogP contribution is -1.90. The Balaban J connectivity index is 3.05. The van der Waals surface area contributed by atoms with Crippen LogP contribution in [0.25, 0.3) is 10.9 Å². The van der Waals surface area contributed by atoms with Gasteiger partial charge in [-0.25, -0.2) is 0 Å². The molecule has 1 aromatic heterocycles. The van der Waals surface area contributed by atoms with Crippen molar-refractivity contribution < 1.29 is 0 Å². The first kappa shape index (κ1) is 9.71. The molecule has 0 aliphatic rings. The highest BCUT2D eigenvalue weighted by Crippen LogP contribution is 2.33. The van der Waals surface area contributed by atoms with Gasteiger partial charge in [0.05, 0.1) is 0 Å². The number of aromatic nitrogens is 2. The number of fused-ring (bicyclic) bond motifs is 1. The summed E-state index contributed by atoms with van der Waals surface area (Å²) in [6, 6.07) is 0. The average molecular weight is 253 g/mol. The van der Waals surface area contributed by atoms with Crippen LogP contribution in [0.2, 0.25) is 0 Å². The highest BCUT2D eigenvalue weighted by Gasteiger charge is 2.13. The minimum atomic E-state index is 1.04. The fourth-order valence-corrected chi connectivity index (χ4v) is 2.44. The maximum atomic E-state index is 4.31. The molecule has 0 amide bonds. The van der Waals surface area contributed by atoms with E-state index in [0.717, 1.165) is 15.7 Å². The van der Waals surface area contributed by atoms with Crippen LogP contribution in [-0.4, -0.2) is 10.2 Å². The quantitative estimate of drug-likeness (QED) is 0.764. The predicted molar refractivity (Wildman–Crippen MR) is 62.7 cm³/mol. The van der Waals surface area contributed by atoms with Gasteiger partial charge in [-0.2, -0.15) is 5.10 Å². The van der Waals surface area contributed by atoms with Crippen molar-refractivity contribution in [2.75, 3.05) is 0 Å². The summed E-state index contributed by atoms with van der Waals surface area (Å²) >= 11 is 3.60. The highest BCUT2D eigenvalue weighted by atomic mass is 79.9. The van der Waals surface area contributed by atoms with Crippen molar-refractivity contribution in [3.63, 3.8) is 0 Å². The van der Waals surface area contributed by atoms with Gasteiger partial charge in [0.25, 0.3) is 0 Å². The van der Waals surface area contributed by atoms with E-state index in [-0.39, 0.29) is 0 Å². The summed E-state index contributed by atoms with van der Waals surface area (Å²) in [7, 11) is 0. The summed E-state index contributed by atoms with van der Waals surface area (Å²) in [5.41, 5.74) is 6.13. The second kappa shape index (κ2) is 3.09. The van der Waals surface area contributed by atoms with E-state index >= 15 is 0 Å². The van der Waals surface area contributed by atoms with Crippen LogP contribution in [0, 0.1) is 27.7 Å². The molecule has 1 N–H and O–H groups in total. The van der Waals surface area contributed by atoms with Gasteiger partial charge in [-0.1, -0.05) is 0 Å². The zero-order valence-electron chi connectivity index (χ0n) is 8.83. The molecule has 0 aliphatic heterocycles. The summed E-state index contributed by atoms with van der Waals surface area (Å²) in [5.74, 6) is 0. The second-order valence-corrected chi connectivity index (χ2v) is 4.55. The number of H-pyrrole nitrogens is 1. The van der Waals surface area contributed by atoms with Crippen LogP contribution in [0.3, 0.4) is 0 Å². The molecule has 1 heterocycles. The molecule has 3 heteroatoms. The van der Waals surface area contributed by atoms with E-state index in [1.807, 2.05) is 0 Å². The molecule has 0 aliphatic carbocycles. The number of benzene rings is 1. The number of hydrogen-bond acceptors (Lipinski definition) is 1. The molecule has 0 spiro atoms. The van der Waals surface area contributed by atoms with E-state index in [4.69, 9.17) is 0 Å². The first-order valence-electron chi connectivity index (χ1n) is 4.64. The smallest absolute Gasteiger partial charge is 0.107 e. The number of halogens is 1. The van der Waals surface area contributed by atoms with Crippen LogP contribution in [0.15, 0.2) is 4.47 Å². The van der Waals surface area contributed by atoms with E-state index in [1.165, 1.54) is 22.1 Å². The van der Waals surface area contributed by atoms with Gasteiger partial charge >= 0.3 is 0 Å². The molecular weight excluding hydrogens is 240 g/mol. The van der Waals surface area contributed by atoms with Gasteiger partial charge in [0, 0.05) is 15.6 Å². The Morgan fingerprint density at radius 3 is 2.29 bits per heavy atom. The SMILES string of the molecule is Cc1c(C)c(C)c2c(C)[nH]nc2c1Br. The standard InChI is InChI=1S/C11H13BrN2/c1-5-6(2)9-8(4)13-14-11(9)10(12)7(5)3/h1-4H3,(H,13,14). The second-order valence-electron chi connectivity index (χ2n) is 3.76. The molecule has 2 aromatic rings.